The first-order valence-corrected chi connectivity index (χ1v) is 11.8. The van der Waals surface area contributed by atoms with E-state index in [1.54, 1.807) is 24.3 Å². The predicted octanol–water partition coefficient (Wildman–Crippen LogP) is 5.19. The van der Waals surface area contributed by atoms with E-state index in [1.165, 1.54) is 18.2 Å². The molecule has 1 aliphatic heterocycles. The topological polar surface area (TPSA) is 74.8 Å². The van der Waals surface area contributed by atoms with Gasteiger partial charge in [-0.15, -0.1) is 0 Å². The first kappa shape index (κ1) is 23.7. The average Bonchev–Trinajstić information content (AvgIpc) is 3.05. The van der Waals surface area contributed by atoms with E-state index in [9.17, 15) is 19.2 Å². The molecule has 1 saturated heterocycles. The summed E-state index contributed by atoms with van der Waals surface area (Å²) in [5.41, 5.74) is 0.450. The maximum atomic E-state index is 13.5. The Bertz CT molecular complexity index is 1180. The number of carbonyl (C=O) groups is 4. The Morgan fingerprint density at radius 1 is 1.03 bits per heavy atom. The molecule has 33 heavy (non-hydrogen) atoms. The standard InChI is InChI=1S/C24H19BrCl2N2O4/c1-13-3-2-4-17-21(13)24(33)29(23(17)32)28(12-20(30)14-5-8-16(25)9-6-14)22(31)15-7-10-18(26)19(27)11-15/h2-3,5-11,13,17,21H,4,12H2,1H3/t13-,17-,21+/m0/s1. The number of nitrogens with zero attached hydrogens (tertiary/aromatic N) is 2. The maximum absolute atomic E-state index is 13.5. The smallest absolute Gasteiger partial charge is 0.273 e. The summed E-state index contributed by atoms with van der Waals surface area (Å²) in [6.07, 6.45) is 4.18. The van der Waals surface area contributed by atoms with Gasteiger partial charge in [-0.25, -0.2) is 5.01 Å². The van der Waals surface area contributed by atoms with E-state index in [0.717, 1.165) is 14.5 Å². The monoisotopic (exact) mass is 548 g/mol. The lowest BCUT2D eigenvalue weighted by Gasteiger charge is -2.30. The number of hydrogen-bond acceptors (Lipinski definition) is 4. The molecular formula is C24H19BrCl2N2O4. The fraction of sp³-hybridized carbons (Fsp3) is 0.250. The zero-order valence-corrected chi connectivity index (χ0v) is 20.6. The predicted molar refractivity (Wildman–Crippen MR) is 128 cm³/mol. The summed E-state index contributed by atoms with van der Waals surface area (Å²) in [4.78, 5) is 53.2. The van der Waals surface area contributed by atoms with Crippen molar-refractivity contribution in [3.63, 3.8) is 0 Å². The average molecular weight is 550 g/mol. The highest BCUT2D eigenvalue weighted by Gasteiger charge is 2.53. The van der Waals surface area contributed by atoms with Crippen LogP contribution >= 0.6 is 39.1 Å². The number of rotatable bonds is 5. The summed E-state index contributed by atoms with van der Waals surface area (Å²) in [7, 11) is 0. The highest BCUT2D eigenvalue weighted by molar-refractivity contribution is 9.10. The minimum absolute atomic E-state index is 0.106. The Hall–Kier alpha value is -2.48. The Balaban J connectivity index is 1.72. The van der Waals surface area contributed by atoms with E-state index in [4.69, 9.17) is 23.2 Å². The van der Waals surface area contributed by atoms with Crippen molar-refractivity contribution >= 4 is 62.6 Å². The molecule has 6 nitrogen and oxygen atoms in total. The fourth-order valence-corrected chi connectivity index (χ4v) is 4.81. The Morgan fingerprint density at radius 3 is 2.33 bits per heavy atom. The van der Waals surface area contributed by atoms with Crippen molar-refractivity contribution in [2.24, 2.45) is 17.8 Å². The van der Waals surface area contributed by atoms with Crippen LogP contribution in [0.4, 0.5) is 0 Å². The van der Waals surface area contributed by atoms with E-state index in [1.807, 2.05) is 19.1 Å². The van der Waals surface area contributed by atoms with Crippen LogP contribution in [0.25, 0.3) is 0 Å². The number of amides is 3. The van der Waals surface area contributed by atoms with Gasteiger partial charge in [-0.05, 0) is 42.7 Å². The van der Waals surface area contributed by atoms with Gasteiger partial charge in [0.25, 0.3) is 17.7 Å². The molecule has 2 aromatic carbocycles. The molecule has 9 heteroatoms. The molecule has 1 aliphatic carbocycles. The van der Waals surface area contributed by atoms with Crippen LogP contribution in [0.15, 0.2) is 59.1 Å². The summed E-state index contributed by atoms with van der Waals surface area (Å²) in [5.74, 6) is -3.39. The second kappa shape index (κ2) is 9.41. The van der Waals surface area contributed by atoms with Gasteiger partial charge in [-0.2, -0.15) is 5.01 Å². The van der Waals surface area contributed by atoms with Crippen LogP contribution in [0.1, 0.15) is 34.1 Å². The van der Waals surface area contributed by atoms with Gasteiger partial charge in [0.05, 0.1) is 21.9 Å². The number of ketones is 1. The second-order valence-electron chi connectivity index (χ2n) is 8.07. The van der Waals surface area contributed by atoms with Crippen LogP contribution in [0.3, 0.4) is 0 Å². The highest BCUT2D eigenvalue weighted by Crippen LogP contribution is 2.39. The molecule has 3 atom stereocenters. The minimum atomic E-state index is -0.694. The first-order chi connectivity index (χ1) is 15.7. The molecule has 0 bridgehead atoms. The molecule has 0 aromatic heterocycles. The van der Waals surface area contributed by atoms with Gasteiger partial charge in [0.2, 0.25) is 0 Å². The van der Waals surface area contributed by atoms with E-state index < -0.39 is 41.9 Å². The second-order valence-corrected chi connectivity index (χ2v) is 9.80. The lowest BCUT2D eigenvalue weighted by Crippen LogP contribution is -2.52. The molecule has 0 unspecified atom stereocenters. The number of carbonyl (C=O) groups excluding carboxylic acids is 4. The van der Waals surface area contributed by atoms with E-state index in [-0.39, 0.29) is 21.5 Å². The van der Waals surface area contributed by atoms with Crippen molar-refractivity contribution in [3.8, 4) is 0 Å². The third kappa shape index (κ3) is 4.50. The largest absolute Gasteiger partial charge is 0.292 e. The zero-order valence-electron chi connectivity index (χ0n) is 17.5. The van der Waals surface area contributed by atoms with Crippen LogP contribution in [0.2, 0.25) is 10.0 Å². The number of imide groups is 1. The highest BCUT2D eigenvalue weighted by atomic mass is 79.9. The van der Waals surface area contributed by atoms with Crippen LogP contribution in [0, 0.1) is 17.8 Å². The molecular weight excluding hydrogens is 531 g/mol. The fourth-order valence-electron chi connectivity index (χ4n) is 4.24. The van der Waals surface area contributed by atoms with Gasteiger partial charge in [0.1, 0.15) is 6.54 Å². The molecule has 2 aromatic rings. The van der Waals surface area contributed by atoms with Gasteiger partial charge >= 0.3 is 0 Å². The van der Waals surface area contributed by atoms with Gasteiger partial charge < -0.3 is 0 Å². The SMILES string of the molecule is C[C@H]1C=CC[C@@H]2C(=O)N(N(CC(=O)c3ccc(Br)cc3)C(=O)c3ccc(Cl)c(Cl)c3)C(=O)[C@@H]21. The normalized spacial score (nSPS) is 21.8. The molecule has 3 amide bonds. The molecule has 4 rings (SSSR count). The molecule has 1 heterocycles. The molecule has 2 aliphatic rings. The van der Waals surface area contributed by atoms with E-state index in [2.05, 4.69) is 15.9 Å². The van der Waals surface area contributed by atoms with Crippen LogP contribution in [0.5, 0.6) is 0 Å². The van der Waals surface area contributed by atoms with Crippen molar-refractivity contribution in [1.29, 1.82) is 0 Å². The van der Waals surface area contributed by atoms with Gasteiger partial charge in [0.15, 0.2) is 5.78 Å². The van der Waals surface area contributed by atoms with Crippen molar-refractivity contribution in [3.05, 3.63) is 80.3 Å². The van der Waals surface area contributed by atoms with Crippen molar-refractivity contribution in [2.45, 2.75) is 13.3 Å². The van der Waals surface area contributed by atoms with Gasteiger partial charge in [-0.1, -0.05) is 70.3 Å². The summed E-state index contributed by atoms with van der Waals surface area (Å²) < 4.78 is 0.790. The summed E-state index contributed by atoms with van der Waals surface area (Å²) in [6.45, 7) is 1.37. The third-order valence-electron chi connectivity index (χ3n) is 5.95. The number of hydrazine groups is 1. The van der Waals surface area contributed by atoms with Crippen LogP contribution < -0.4 is 0 Å². The Labute approximate surface area is 209 Å². The third-order valence-corrected chi connectivity index (χ3v) is 7.22. The number of Topliss-reactive ketones (excluding diaryl/α,β-unsaturated/α-hetero) is 1. The minimum Gasteiger partial charge on any atom is -0.292 e. The van der Waals surface area contributed by atoms with Crippen molar-refractivity contribution in [1.82, 2.24) is 10.0 Å². The lowest BCUT2D eigenvalue weighted by molar-refractivity contribution is -0.154. The molecule has 0 saturated carbocycles. The van der Waals surface area contributed by atoms with Gasteiger partial charge in [-0.3, -0.25) is 19.2 Å². The number of hydrogen-bond donors (Lipinski definition) is 0. The maximum Gasteiger partial charge on any atom is 0.273 e. The first-order valence-electron chi connectivity index (χ1n) is 10.3. The van der Waals surface area contributed by atoms with Crippen LogP contribution in [-0.2, 0) is 9.59 Å². The molecule has 0 N–H and O–H groups in total. The molecule has 0 spiro atoms. The van der Waals surface area contributed by atoms with Crippen LogP contribution in [-0.4, -0.2) is 40.1 Å². The van der Waals surface area contributed by atoms with E-state index in [0.29, 0.717) is 12.0 Å². The summed E-state index contributed by atoms with van der Waals surface area (Å²) in [5, 5.41) is 2.18. The quantitative estimate of drug-likeness (QED) is 0.292. The number of fused-ring (bicyclic) bond motifs is 1. The molecule has 170 valence electrons. The summed E-state index contributed by atoms with van der Waals surface area (Å²) in [6, 6.07) is 10.9. The number of halogens is 3. The molecule has 0 radical (unpaired) electrons. The summed E-state index contributed by atoms with van der Waals surface area (Å²) >= 11 is 15.4. The Kier molecular flexibility index (Phi) is 6.75. The van der Waals surface area contributed by atoms with E-state index >= 15 is 0 Å². The van der Waals surface area contributed by atoms with Gasteiger partial charge in [0, 0.05) is 15.6 Å². The van der Waals surface area contributed by atoms with Crippen molar-refractivity contribution < 1.29 is 19.2 Å². The van der Waals surface area contributed by atoms with Crippen molar-refractivity contribution in [2.75, 3.05) is 6.54 Å². The number of allylic oxidation sites excluding steroid dienone is 2. The lowest BCUT2D eigenvalue weighted by atomic mass is 9.78. The Morgan fingerprint density at radius 2 is 1.70 bits per heavy atom. The number of benzene rings is 2. The molecule has 1 fully saturated rings. The zero-order chi connectivity index (χ0) is 23.9.